The highest BCUT2D eigenvalue weighted by Crippen LogP contribution is 2.15. The van der Waals surface area contributed by atoms with Crippen molar-refractivity contribution in [1.82, 2.24) is 4.98 Å². The Morgan fingerprint density at radius 1 is 1.23 bits per heavy atom. The molecule has 5 heteroatoms. The van der Waals surface area contributed by atoms with Gasteiger partial charge in [-0.05, 0) is 42.3 Å². The third-order valence-corrected chi connectivity index (χ3v) is 3.27. The molecule has 110 valence electrons. The van der Waals surface area contributed by atoms with Crippen molar-refractivity contribution in [1.29, 1.82) is 0 Å². The zero-order valence-corrected chi connectivity index (χ0v) is 11.9. The molecule has 0 aliphatic heterocycles. The summed E-state index contributed by atoms with van der Waals surface area (Å²) in [4.78, 5) is 25.6. The number of aromatic amines is 1. The van der Waals surface area contributed by atoms with Crippen LogP contribution in [0.25, 0.3) is 17.2 Å². The van der Waals surface area contributed by atoms with E-state index >= 15 is 0 Å². The van der Waals surface area contributed by atoms with E-state index in [0.29, 0.717) is 11.1 Å². The second-order valence-corrected chi connectivity index (χ2v) is 4.91. The second kappa shape index (κ2) is 5.73. The molecule has 0 radical (unpaired) electrons. The maximum absolute atomic E-state index is 11.9. The zero-order chi connectivity index (χ0) is 15.5. The summed E-state index contributed by atoms with van der Waals surface area (Å²) in [5, 5.41) is 2.82. The summed E-state index contributed by atoms with van der Waals surface area (Å²) in [6.45, 7) is 1.93. The molecular formula is C17H14N2O3. The minimum atomic E-state index is -0.492. The van der Waals surface area contributed by atoms with E-state index in [1.165, 1.54) is 6.08 Å². The fourth-order valence-electron chi connectivity index (χ4n) is 2.13. The molecule has 0 unspecified atom stereocenters. The maximum atomic E-state index is 11.9. The Bertz CT molecular complexity index is 919. The number of carbonyl (C=O) groups is 1. The lowest BCUT2D eigenvalue weighted by Crippen LogP contribution is -2.08. The van der Waals surface area contributed by atoms with Crippen LogP contribution in [-0.4, -0.2) is 10.9 Å². The average molecular weight is 294 g/mol. The molecule has 0 bridgehead atoms. The molecule has 3 aromatic rings. The number of aromatic nitrogens is 1. The van der Waals surface area contributed by atoms with Crippen LogP contribution in [0.3, 0.4) is 0 Å². The van der Waals surface area contributed by atoms with E-state index in [9.17, 15) is 9.59 Å². The molecule has 3 rings (SSSR count). The van der Waals surface area contributed by atoms with Crippen LogP contribution >= 0.6 is 0 Å². The Labute approximate surface area is 126 Å². The molecule has 2 N–H and O–H groups in total. The molecule has 1 aromatic heterocycles. The Morgan fingerprint density at radius 2 is 2.05 bits per heavy atom. The maximum Gasteiger partial charge on any atom is 0.417 e. The van der Waals surface area contributed by atoms with Crippen LogP contribution in [0.4, 0.5) is 5.69 Å². The first-order valence-corrected chi connectivity index (χ1v) is 6.79. The van der Waals surface area contributed by atoms with Crippen LogP contribution in [-0.2, 0) is 4.79 Å². The van der Waals surface area contributed by atoms with E-state index < -0.39 is 5.76 Å². The van der Waals surface area contributed by atoms with Gasteiger partial charge >= 0.3 is 5.76 Å². The van der Waals surface area contributed by atoms with Crippen LogP contribution in [0.15, 0.2) is 57.8 Å². The van der Waals surface area contributed by atoms with Crippen molar-refractivity contribution in [2.24, 2.45) is 0 Å². The molecule has 0 saturated heterocycles. The molecule has 22 heavy (non-hydrogen) atoms. The summed E-state index contributed by atoms with van der Waals surface area (Å²) in [5.41, 5.74) is 3.68. The molecule has 0 spiro atoms. The van der Waals surface area contributed by atoms with E-state index in [1.807, 2.05) is 31.2 Å². The smallest absolute Gasteiger partial charge is 0.408 e. The molecular weight excluding hydrogens is 280 g/mol. The molecule has 2 aromatic carbocycles. The van der Waals surface area contributed by atoms with Gasteiger partial charge in [0.25, 0.3) is 0 Å². The first-order chi connectivity index (χ1) is 10.6. The summed E-state index contributed by atoms with van der Waals surface area (Å²) in [7, 11) is 0. The van der Waals surface area contributed by atoms with Crippen LogP contribution in [0, 0.1) is 6.92 Å². The van der Waals surface area contributed by atoms with Crippen LogP contribution < -0.4 is 11.1 Å². The first kappa shape index (κ1) is 13.9. The number of hydrogen-bond acceptors (Lipinski definition) is 3. The number of anilines is 1. The fourth-order valence-corrected chi connectivity index (χ4v) is 2.13. The fraction of sp³-hybridized carbons (Fsp3) is 0.0588. The van der Waals surface area contributed by atoms with Gasteiger partial charge in [0.1, 0.15) is 0 Å². The van der Waals surface area contributed by atoms with Crippen LogP contribution in [0.2, 0.25) is 0 Å². The van der Waals surface area contributed by atoms with Crippen molar-refractivity contribution in [3.05, 3.63) is 70.2 Å². The number of amides is 1. The van der Waals surface area contributed by atoms with Gasteiger partial charge in [-0.3, -0.25) is 9.78 Å². The van der Waals surface area contributed by atoms with Crippen molar-refractivity contribution >= 4 is 28.8 Å². The predicted molar refractivity (Wildman–Crippen MR) is 85.7 cm³/mol. The summed E-state index contributed by atoms with van der Waals surface area (Å²) < 4.78 is 4.93. The summed E-state index contributed by atoms with van der Waals surface area (Å²) >= 11 is 0. The van der Waals surface area contributed by atoms with E-state index in [-0.39, 0.29) is 5.91 Å². The van der Waals surface area contributed by atoms with Gasteiger partial charge < -0.3 is 9.73 Å². The molecule has 0 fully saturated rings. The third-order valence-electron chi connectivity index (χ3n) is 3.27. The molecule has 1 heterocycles. The SMILES string of the molecule is Cc1ccccc1NC(=O)/C=C/c1ccc2oc(=O)[nH]c2c1. The number of nitrogens with one attached hydrogen (secondary N) is 2. The normalized spacial score (nSPS) is 11.1. The number of oxazole rings is 1. The zero-order valence-electron chi connectivity index (χ0n) is 11.9. The van der Waals surface area contributed by atoms with Crippen LogP contribution in [0.5, 0.6) is 0 Å². The summed E-state index contributed by atoms with van der Waals surface area (Å²) in [6.07, 6.45) is 3.13. The Balaban J connectivity index is 1.76. The van der Waals surface area contributed by atoms with Crippen molar-refractivity contribution in [2.45, 2.75) is 6.92 Å². The molecule has 0 aliphatic carbocycles. The van der Waals surface area contributed by atoms with Gasteiger partial charge in [-0.2, -0.15) is 0 Å². The number of aryl methyl sites for hydroxylation is 1. The number of H-pyrrole nitrogens is 1. The second-order valence-electron chi connectivity index (χ2n) is 4.91. The van der Waals surface area contributed by atoms with Gasteiger partial charge in [-0.25, -0.2) is 4.79 Å². The monoisotopic (exact) mass is 294 g/mol. The van der Waals surface area contributed by atoms with Gasteiger partial charge in [0, 0.05) is 11.8 Å². The highest BCUT2D eigenvalue weighted by molar-refractivity contribution is 6.02. The lowest BCUT2D eigenvalue weighted by atomic mass is 10.2. The molecule has 1 amide bonds. The van der Waals surface area contributed by atoms with E-state index in [0.717, 1.165) is 16.8 Å². The Morgan fingerprint density at radius 3 is 2.86 bits per heavy atom. The van der Waals surface area contributed by atoms with Gasteiger partial charge in [0.15, 0.2) is 5.58 Å². The van der Waals surface area contributed by atoms with Gasteiger partial charge in [-0.15, -0.1) is 0 Å². The van der Waals surface area contributed by atoms with Crippen molar-refractivity contribution in [2.75, 3.05) is 5.32 Å². The minimum absolute atomic E-state index is 0.213. The number of fused-ring (bicyclic) bond motifs is 1. The third kappa shape index (κ3) is 2.98. The first-order valence-electron chi connectivity index (χ1n) is 6.79. The topological polar surface area (TPSA) is 75.1 Å². The van der Waals surface area contributed by atoms with Gasteiger partial charge in [0.2, 0.25) is 5.91 Å². The largest absolute Gasteiger partial charge is 0.417 e. The highest BCUT2D eigenvalue weighted by Gasteiger charge is 2.02. The summed E-state index contributed by atoms with van der Waals surface area (Å²) in [6, 6.07) is 12.8. The molecule has 0 aliphatic rings. The lowest BCUT2D eigenvalue weighted by molar-refractivity contribution is -0.111. The molecule has 0 saturated carbocycles. The number of para-hydroxylation sites is 1. The van der Waals surface area contributed by atoms with Gasteiger partial charge in [-0.1, -0.05) is 24.3 Å². The molecule has 0 atom stereocenters. The van der Waals surface area contributed by atoms with Crippen LogP contribution in [0.1, 0.15) is 11.1 Å². The predicted octanol–water partition coefficient (Wildman–Crippen LogP) is 3.08. The Hall–Kier alpha value is -3.08. The number of rotatable bonds is 3. The lowest BCUT2D eigenvalue weighted by Gasteiger charge is -2.05. The van der Waals surface area contributed by atoms with E-state index in [4.69, 9.17) is 4.42 Å². The van der Waals surface area contributed by atoms with Crippen molar-refractivity contribution in [3.8, 4) is 0 Å². The number of hydrogen-bond donors (Lipinski definition) is 2. The van der Waals surface area contributed by atoms with Crippen molar-refractivity contribution in [3.63, 3.8) is 0 Å². The Kier molecular flexibility index (Phi) is 3.62. The van der Waals surface area contributed by atoms with Gasteiger partial charge in [0.05, 0.1) is 5.52 Å². The quantitative estimate of drug-likeness (QED) is 0.729. The average Bonchev–Trinajstić information content (AvgIpc) is 2.87. The summed E-state index contributed by atoms with van der Waals surface area (Å²) in [5.74, 6) is -0.705. The standard InChI is InChI=1S/C17H14N2O3/c1-11-4-2-3-5-13(11)18-16(20)9-7-12-6-8-15-14(10-12)19-17(21)22-15/h2-10H,1H3,(H,18,20)(H,19,21)/b9-7+. The van der Waals surface area contributed by atoms with E-state index in [1.54, 1.807) is 24.3 Å². The molecule has 5 nitrogen and oxygen atoms in total. The highest BCUT2D eigenvalue weighted by atomic mass is 16.4. The number of carbonyl (C=O) groups excluding carboxylic acids is 1. The minimum Gasteiger partial charge on any atom is -0.408 e. The number of benzene rings is 2. The van der Waals surface area contributed by atoms with E-state index in [2.05, 4.69) is 10.3 Å². The van der Waals surface area contributed by atoms with Crippen molar-refractivity contribution < 1.29 is 9.21 Å².